The van der Waals surface area contributed by atoms with Crippen LogP contribution in [-0.2, 0) is 16.1 Å². The molecular formula is C24H23N5O4. The predicted octanol–water partition coefficient (Wildman–Crippen LogP) is 2.63. The smallest absolute Gasteiger partial charge is 0.257 e. The Morgan fingerprint density at radius 2 is 2.06 bits per heavy atom. The molecule has 9 nitrogen and oxygen atoms in total. The van der Waals surface area contributed by atoms with Gasteiger partial charge in [-0.25, -0.2) is 4.98 Å². The molecule has 33 heavy (non-hydrogen) atoms. The molecule has 1 saturated heterocycles. The number of fused-ring (bicyclic) bond motifs is 2. The standard InChI is InChI=1S/C24H23N5O4/c1-13(2)28-8-7-14-9-15(11-25-21(14)28)22(31)26-17-3-4-18-16(10-17)12-29(24(18)33)19-5-6-20(30)27-23(19)32/h3-4,7-11,13,19H,5-6,12H2,1-2H3,(H,26,31)(H,27,30,32)/i13D. The van der Waals surface area contributed by atoms with Gasteiger partial charge in [0.05, 0.1) is 6.93 Å². The van der Waals surface area contributed by atoms with Gasteiger partial charge in [0.1, 0.15) is 11.7 Å². The highest BCUT2D eigenvalue weighted by atomic mass is 16.2. The van der Waals surface area contributed by atoms with Gasteiger partial charge < -0.3 is 14.8 Å². The number of benzene rings is 1. The average molecular weight is 446 g/mol. The van der Waals surface area contributed by atoms with Gasteiger partial charge in [-0.2, -0.15) is 0 Å². The molecule has 0 aliphatic carbocycles. The minimum atomic E-state index is -0.873. The van der Waals surface area contributed by atoms with Crippen LogP contribution in [0.4, 0.5) is 5.69 Å². The monoisotopic (exact) mass is 446 g/mol. The molecule has 1 unspecified atom stereocenters. The lowest BCUT2D eigenvalue weighted by Crippen LogP contribution is -2.52. The minimum absolute atomic E-state index is 0.193. The molecule has 0 spiro atoms. The van der Waals surface area contributed by atoms with E-state index in [0.717, 1.165) is 5.39 Å². The van der Waals surface area contributed by atoms with E-state index in [-0.39, 0.29) is 30.7 Å². The zero-order valence-electron chi connectivity index (χ0n) is 19.2. The van der Waals surface area contributed by atoms with Gasteiger partial charge >= 0.3 is 0 Å². The van der Waals surface area contributed by atoms with E-state index in [2.05, 4.69) is 15.6 Å². The van der Waals surface area contributed by atoms with Crippen molar-refractivity contribution in [2.24, 2.45) is 0 Å². The fourth-order valence-electron chi connectivity index (χ4n) is 4.36. The summed E-state index contributed by atoms with van der Waals surface area (Å²) in [4.78, 5) is 55.2. The lowest BCUT2D eigenvalue weighted by molar-refractivity contribution is -0.136. The zero-order valence-corrected chi connectivity index (χ0v) is 18.2. The first-order valence-corrected chi connectivity index (χ1v) is 10.7. The molecule has 2 aromatic heterocycles. The van der Waals surface area contributed by atoms with Crippen LogP contribution in [0, 0.1) is 0 Å². The maximum Gasteiger partial charge on any atom is 0.257 e. The quantitative estimate of drug-likeness (QED) is 0.598. The topological polar surface area (TPSA) is 113 Å². The number of carbonyl (C=O) groups is 4. The summed E-state index contributed by atoms with van der Waals surface area (Å²) in [5, 5.41) is 5.88. The Morgan fingerprint density at radius 3 is 2.82 bits per heavy atom. The molecule has 1 atom stereocenters. The summed E-state index contributed by atoms with van der Waals surface area (Å²) in [6.07, 6.45) is 3.74. The average Bonchev–Trinajstić information content (AvgIpc) is 3.34. The number of nitrogens with one attached hydrogen (secondary N) is 2. The van der Waals surface area contributed by atoms with E-state index in [9.17, 15) is 19.2 Å². The minimum Gasteiger partial charge on any atom is -0.330 e. The molecule has 1 aromatic carbocycles. The number of imide groups is 1. The molecule has 2 aliphatic rings. The van der Waals surface area contributed by atoms with Crippen molar-refractivity contribution in [3.8, 4) is 0 Å². The summed E-state index contributed by atoms with van der Waals surface area (Å²) >= 11 is 0. The van der Waals surface area contributed by atoms with Crippen molar-refractivity contribution >= 4 is 40.3 Å². The molecule has 2 aliphatic heterocycles. The number of hydrogen-bond donors (Lipinski definition) is 2. The molecule has 1 fully saturated rings. The van der Waals surface area contributed by atoms with E-state index in [4.69, 9.17) is 1.37 Å². The van der Waals surface area contributed by atoms with Crippen molar-refractivity contribution in [2.45, 2.75) is 45.3 Å². The van der Waals surface area contributed by atoms with Crippen molar-refractivity contribution in [3.05, 3.63) is 59.4 Å². The van der Waals surface area contributed by atoms with Crippen molar-refractivity contribution in [1.29, 1.82) is 0 Å². The summed E-state index contributed by atoms with van der Waals surface area (Å²) in [5.41, 5.74) is 2.70. The zero-order chi connectivity index (χ0) is 24.2. The van der Waals surface area contributed by atoms with E-state index in [1.807, 2.05) is 6.07 Å². The first kappa shape index (κ1) is 19.7. The number of aromatic nitrogens is 2. The Balaban J connectivity index is 1.33. The molecule has 168 valence electrons. The summed E-state index contributed by atoms with van der Waals surface area (Å²) < 4.78 is 9.94. The van der Waals surface area contributed by atoms with Crippen LogP contribution >= 0.6 is 0 Å². The summed E-state index contributed by atoms with van der Waals surface area (Å²) in [6.45, 7) is 3.75. The second-order valence-corrected chi connectivity index (χ2v) is 8.50. The van der Waals surface area contributed by atoms with Crippen LogP contribution in [0.2, 0.25) is 0 Å². The Bertz CT molecular complexity index is 1370. The second-order valence-electron chi connectivity index (χ2n) is 8.50. The molecule has 0 bridgehead atoms. The fourth-order valence-corrected chi connectivity index (χ4v) is 4.36. The lowest BCUT2D eigenvalue weighted by atomic mass is 10.0. The van der Waals surface area contributed by atoms with Crippen molar-refractivity contribution in [3.63, 3.8) is 0 Å². The van der Waals surface area contributed by atoms with Crippen LogP contribution in [0.3, 0.4) is 0 Å². The number of hydrogen-bond acceptors (Lipinski definition) is 5. The molecule has 4 amide bonds. The normalized spacial score (nSPS) is 18.8. The maximum absolute atomic E-state index is 12.9. The Morgan fingerprint density at radius 1 is 1.24 bits per heavy atom. The first-order valence-electron chi connectivity index (χ1n) is 11.2. The van der Waals surface area contributed by atoms with Gasteiger partial charge in [0, 0.05) is 48.0 Å². The van der Waals surface area contributed by atoms with Gasteiger partial charge in [-0.1, -0.05) is 0 Å². The molecule has 3 aromatic rings. The number of rotatable bonds is 4. The van der Waals surface area contributed by atoms with Gasteiger partial charge in [0.2, 0.25) is 11.8 Å². The molecule has 0 radical (unpaired) electrons. The van der Waals surface area contributed by atoms with Crippen molar-refractivity contribution < 1.29 is 20.5 Å². The Kier molecular flexibility index (Phi) is 4.67. The van der Waals surface area contributed by atoms with Crippen LogP contribution in [-0.4, -0.2) is 44.1 Å². The van der Waals surface area contributed by atoms with Crippen molar-refractivity contribution in [1.82, 2.24) is 19.8 Å². The van der Waals surface area contributed by atoms with Crippen LogP contribution in [0.25, 0.3) is 11.0 Å². The van der Waals surface area contributed by atoms with Crippen LogP contribution < -0.4 is 10.6 Å². The van der Waals surface area contributed by atoms with Crippen LogP contribution in [0.15, 0.2) is 42.7 Å². The lowest BCUT2D eigenvalue weighted by Gasteiger charge is -2.29. The third-order valence-electron chi connectivity index (χ3n) is 6.05. The SMILES string of the molecule is [2H]C(C)(C)n1ccc2cc(C(=O)Nc3ccc4c(c3)CN(C3CCC(=O)NC3=O)C4=O)cnc21. The number of nitrogens with zero attached hydrogens (tertiary/aromatic N) is 3. The number of piperidine rings is 1. The molecule has 5 rings (SSSR count). The van der Waals surface area contributed by atoms with E-state index in [1.165, 1.54) is 11.1 Å². The first-order chi connectivity index (χ1) is 16.1. The van der Waals surface area contributed by atoms with Crippen molar-refractivity contribution in [2.75, 3.05) is 5.32 Å². The summed E-state index contributed by atoms with van der Waals surface area (Å²) in [6, 6.07) is 6.99. The van der Waals surface area contributed by atoms with E-state index in [0.29, 0.717) is 34.4 Å². The molecule has 2 N–H and O–H groups in total. The van der Waals surface area contributed by atoms with Crippen LogP contribution in [0.5, 0.6) is 0 Å². The summed E-state index contributed by atoms with van der Waals surface area (Å²) in [5.74, 6) is -1.41. The van der Waals surface area contributed by atoms with E-state index in [1.54, 1.807) is 48.9 Å². The third-order valence-corrected chi connectivity index (χ3v) is 6.05. The second kappa shape index (κ2) is 7.84. The van der Waals surface area contributed by atoms with Gasteiger partial charge in [-0.05, 0) is 56.2 Å². The van der Waals surface area contributed by atoms with Crippen LogP contribution in [0.1, 0.15) is 60.4 Å². The largest absolute Gasteiger partial charge is 0.330 e. The van der Waals surface area contributed by atoms with Gasteiger partial charge in [0.15, 0.2) is 0 Å². The highest BCUT2D eigenvalue weighted by Gasteiger charge is 2.39. The molecule has 0 saturated carbocycles. The fraction of sp³-hybridized carbons (Fsp3) is 0.292. The predicted molar refractivity (Wildman–Crippen MR) is 121 cm³/mol. The van der Waals surface area contributed by atoms with Gasteiger partial charge in [0.25, 0.3) is 11.8 Å². The number of pyridine rings is 1. The molecular weight excluding hydrogens is 422 g/mol. The third kappa shape index (κ3) is 3.65. The number of carbonyl (C=O) groups excluding carboxylic acids is 4. The highest BCUT2D eigenvalue weighted by Crippen LogP contribution is 2.29. The Hall–Kier alpha value is -4.01. The molecule has 4 heterocycles. The highest BCUT2D eigenvalue weighted by molar-refractivity contribution is 6.07. The van der Waals surface area contributed by atoms with E-state index < -0.39 is 18.0 Å². The maximum atomic E-state index is 12.9. The number of anilines is 1. The van der Waals surface area contributed by atoms with Gasteiger partial charge in [-0.15, -0.1) is 0 Å². The number of amides is 4. The Labute approximate surface area is 191 Å². The van der Waals surface area contributed by atoms with E-state index >= 15 is 0 Å². The van der Waals surface area contributed by atoms with Gasteiger partial charge in [-0.3, -0.25) is 24.5 Å². The summed E-state index contributed by atoms with van der Waals surface area (Å²) in [7, 11) is 0. The molecule has 9 heteroatoms.